The quantitative estimate of drug-likeness (QED) is 0.876. The average Bonchev–Trinajstić information content (AvgIpc) is 2.37. The molecule has 1 aliphatic heterocycles. The molecule has 108 valence electrons. The number of benzene rings is 1. The molecule has 3 nitrogen and oxygen atoms in total. The molecule has 0 aromatic heterocycles. The minimum atomic E-state index is -1.01. The summed E-state index contributed by atoms with van der Waals surface area (Å²) in [4.78, 5) is 13.2. The summed E-state index contributed by atoms with van der Waals surface area (Å²) in [5, 5.41) is 9.86. The van der Waals surface area contributed by atoms with E-state index in [1.807, 2.05) is 0 Å². The maximum absolute atomic E-state index is 11.0. The highest BCUT2D eigenvalue weighted by atomic mass is 35.5. The number of aromatic carboxylic acids is 1. The molecule has 0 amide bonds. The lowest BCUT2D eigenvalue weighted by atomic mass is 9.68. The van der Waals surface area contributed by atoms with Gasteiger partial charge in [-0.15, -0.1) is 0 Å². The number of rotatable bonds is 2. The molecule has 1 saturated heterocycles. The van der Waals surface area contributed by atoms with E-state index in [2.05, 4.69) is 4.90 Å². The predicted molar refractivity (Wildman–Crippen MR) is 81.2 cm³/mol. The topological polar surface area (TPSA) is 40.5 Å². The molecule has 1 aromatic rings. The number of nitrogens with zero attached hydrogens (tertiary/aromatic N) is 1. The monoisotopic (exact) mass is 313 g/mol. The van der Waals surface area contributed by atoms with E-state index in [0.29, 0.717) is 15.5 Å². The van der Waals surface area contributed by atoms with E-state index in [4.69, 9.17) is 28.3 Å². The van der Waals surface area contributed by atoms with Crippen LogP contribution in [0.15, 0.2) is 12.1 Å². The highest BCUT2D eigenvalue weighted by Gasteiger charge is 2.44. The SMILES string of the molecule is O=C(O)c1cc(Cl)c(N2CC3(CCCCC3)C2)c(Cl)c1. The van der Waals surface area contributed by atoms with E-state index in [1.165, 1.54) is 44.2 Å². The molecule has 1 saturated carbocycles. The summed E-state index contributed by atoms with van der Waals surface area (Å²) < 4.78 is 0. The lowest BCUT2D eigenvalue weighted by Gasteiger charge is -2.54. The van der Waals surface area contributed by atoms with E-state index >= 15 is 0 Å². The summed E-state index contributed by atoms with van der Waals surface area (Å²) in [7, 11) is 0. The van der Waals surface area contributed by atoms with E-state index in [-0.39, 0.29) is 5.56 Å². The van der Waals surface area contributed by atoms with Crippen LogP contribution in [0, 0.1) is 5.41 Å². The van der Waals surface area contributed by atoms with Gasteiger partial charge in [0.15, 0.2) is 0 Å². The molecule has 0 radical (unpaired) electrons. The smallest absolute Gasteiger partial charge is 0.335 e. The third kappa shape index (κ3) is 2.38. The van der Waals surface area contributed by atoms with Crippen molar-refractivity contribution in [2.45, 2.75) is 32.1 Å². The second kappa shape index (κ2) is 5.12. The summed E-state index contributed by atoms with van der Waals surface area (Å²) in [6, 6.07) is 2.97. The maximum atomic E-state index is 11.0. The largest absolute Gasteiger partial charge is 0.478 e. The molecule has 2 aliphatic rings. The zero-order valence-electron chi connectivity index (χ0n) is 11.2. The highest BCUT2D eigenvalue weighted by molar-refractivity contribution is 6.39. The number of hydrogen-bond acceptors (Lipinski definition) is 2. The minimum Gasteiger partial charge on any atom is -0.478 e. The Morgan fingerprint density at radius 3 is 2.15 bits per heavy atom. The van der Waals surface area contributed by atoms with Gasteiger partial charge in [-0.05, 0) is 25.0 Å². The fourth-order valence-electron chi connectivity index (χ4n) is 3.53. The number of carboxylic acids is 1. The fourth-order valence-corrected chi connectivity index (χ4v) is 4.26. The Labute approximate surface area is 128 Å². The molecule has 0 unspecified atom stereocenters. The predicted octanol–water partition coefficient (Wildman–Crippen LogP) is 4.46. The Bertz CT molecular complexity index is 522. The third-order valence-electron chi connectivity index (χ3n) is 4.55. The molecule has 1 heterocycles. The van der Waals surface area contributed by atoms with E-state index < -0.39 is 5.97 Å². The Balaban J connectivity index is 1.80. The van der Waals surface area contributed by atoms with Crippen molar-refractivity contribution in [1.29, 1.82) is 0 Å². The van der Waals surface area contributed by atoms with Gasteiger partial charge in [0, 0.05) is 18.5 Å². The molecular formula is C15H17Cl2NO2. The summed E-state index contributed by atoms with van der Waals surface area (Å²) in [5.41, 5.74) is 1.36. The maximum Gasteiger partial charge on any atom is 0.335 e. The van der Waals surface area contributed by atoms with Crippen LogP contribution in [0.25, 0.3) is 0 Å². The van der Waals surface area contributed by atoms with Gasteiger partial charge in [-0.2, -0.15) is 0 Å². The number of halogens is 2. The van der Waals surface area contributed by atoms with Crippen LogP contribution < -0.4 is 4.90 Å². The number of anilines is 1. The van der Waals surface area contributed by atoms with Gasteiger partial charge in [0.05, 0.1) is 21.3 Å². The van der Waals surface area contributed by atoms with Gasteiger partial charge in [0.25, 0.3) is 0 Å². The molecule has 1 aromatic carbocycles. The molecule has 3 rings (SSSR count). The lowest BCUT2D eigenvalue weighted by Crippen LogP contribution is -2.57. The Morgan fingerprint density at radius 1 is 1.10 bits per heavy atom. The second-order valence-corrected chi connectivity index (χ2v) is 6.82. The van der Waals surface area contributed by atoms with E-state index in [9.17, 15) is 4.79 Å². The summed E-state index contributed by atoms with van der Waals surface area (Å²) >= 11 is 12.4. The van der Waals surface area contributed by atoms with Crippen molar-refractivity contribution in [3.05, 3.63) is 27.7 Å². The van der Waals surface area contributed by atoms with Crippen molar-refractivity contribution in [1.82, 2.24) is 0 Å². The molecule has 1 spiro atoms. The van der Waals surface area contributed by atoms with Crippen LogP contribution in [-0.4, -0.2) is 24.2 Å². The average molecular weight is 314 g/mol. The number of carboxylic acid groups (broad SMARTS) is 1. The van der Waals surface area contributed by atoms with Crippen LogP contribution in [0.2, 0.25) is 10.0 Å². The zero-order chi connectivity index (χ0) is 14.3. The van der Waals surface area contributed by atoms with Crippen molar-refractivity contribution in [2.75, 3.05) is 18.0 Å². The Kier molecular flexibility index (Phi) is 3.59. The van der Waals surface area contributed by atoms with Crippen LogP contribution >= 0.6 is 23.2 Å². The Hall–Kier alpha value is -0.930. The van der Waals surface area contributed by atoms with Crippen molar-refractivity contribution in [2.24, 2.45) is 5.41 Å². The van der Waals surface area contributed by atoms with Gasteiger partial charge < -0.3 is 10.0 Å². The number of carbonyl (C=O) groups is 1. The third-order valence-corrected chi connectivity index (χ3v) is 5.12. The first-order valence-electron chi connectivity index (χ1n) is 6.98. The van der Waals surface area contributed by atoms with E-state index in [1.54, 1.807) is 0 Å². The molecule has 20 heavy (non-hydrogen) atoms. The van der Waals surface area contributed by atoms with Gasteiger partial charge in [-0.25, -0.2) is 4.79 Å². The second-order valence-electron chi connectivity index (χ2n) is 6.01. The van der Waals surface area contributed by atoms with Crippen LogP contribution in [0.1, 0.15) is 42.5 Å². The number of hydrogen-bond donors (Lipinski definition) is 1. The lowest BCUT2D eigenvalue weighted by molar-refractivity contribution is 0.0697. The summed E-state index contributed by atoms with van der Waals surface area (Å²) in [5.74, 6) is -1.01. The van der Waals surface area contributed by atoms with Crippen molar-refractivity contribution < 1.29 is 9.90 Å². The van der Waals surface area contributed by atoms with Gasteiger partial charge in [0.1, 0.15) is 0 Å². The van der Waals surface area contributed by atoms with Crippen LogP contribution in [0.3, 0.4) is 0 Å². The standard InChI is InChI=1S/C15H17Cl2NO2/c16-11-6-10(14(19)20)7-12(17)13(11)18-8-15(9-18)4-2-1-3-5-15/h6-7H,1-5,8-9H2,(H,19,20). The highest BCUT2D eigenvalue weighted by Crippen LogP contribution is 2.48. The fraction of sp³-hybridized carbons (Fsp3) is 0.533. The molecular weight excluding hydrogens is 297 g/mol. The summed E-state index contributed by atoms with van der Waals surface area (Å²) in [6.45, 7) is 1.97. The normalized spacial score (nSPS) is 20.8. The van der Waals surface area contributed by atoms with Crippen molar-refractivity contribution in [3.63, 3.8) is 0 Å². The molecule has 0 atom stereocenters. The van der Waals surface area contributed by atoms with Crippen LogP contribution in [0.4, 0.5) is 5.69 Å². The molecule has 1 aliphatic carbocycles. The van der Waals surface area contributed by atoms with Crippen LogP contribution in [0.5, 0.6) is 0 Å². The molecule has 1 N–H and O–H groups in total. The Morgan fingerprint density at radius 2 is 1.65 bits per heavy atom. The zero-order valence-corrected chi connectivity index (χ0v) is 12.7. The van der Waals surface area contributed by atoms with Gasteiger partial charge in [-0.1, -0.05) is 42.5 Å². The first kappa shape index (κ1) is 14.0. The molecule has 0 bridgehead atoms. The van der Waals surface area contributed by atoms with Crippen molar-refractivity contribution in [3.8, 4) is 0 Å². The summed E-state index contributed by atoms with van der Waals surface area (Å²) in [6.07, 6.45) is 6.54. The minimum absolute atomic E-state index is 0.136. The van der Waals surface area contributed by atoms with E-state index in [0.717, 1.165) is 18.8 Å². The van der Waals surface area contributed by atoms with Gasteiger partial charge in [-0.3, -0.25) is 0 Å². The van der Waals surface area contributed by atoms with Crippen molar-refractivity contribution >= 4 is 34.9 Å². The molecule has 2 fully saturated rings. The van der Waals surface area contributed by atoms with Crippen LogP contribution in [-0.2, 0) is 0 Å². The first-order valence-corrected chi connectivity index (χ1v) is 7.74. The van der Waals surface area contributed by atoms with Gasteiger partial charge in [0.2, 0.25) is 0 Å². The first-order chi connectivity index (χ1) is 9.51. The van der Waals surface area contributed by atoms with Gasteiger partial charge >= 0.3 is 5.97 Å². The molecule has 5 heteroatoms.